The minimum atomic E-state index is -3.32. The first-order valence-electron chi connectivity index (χ1n) is 10.3. The molecule has 8 heteroatoms. The van der Waals surface area contributed by atoms with Crippen LogP contribution in [0.4, 0.5) is 5.13 Å². The molecule has 0 N–H and O–H groups in total. The zero-order chi connectivity index (χ0) is 22.6. The molecule has 166 valence electrons. The summed E-state index contributed by atoms with van der Waals surface area (Å²) in [5.74, 6) is -0.0442. The van der Waals surface area contributed by atoms with Crippen LogP contribution in [0.5, 0.6) is 0 Å². The van der Waals surface area contributed by atoms with Crippen molar-refractivity contribution in [3.05, 3.63) is 54.1 Å². The summed E-state index contributed by atoms with van der Waals surface area (Å²) in [7, 11) is 0.696. The van der Waals surface area contributed by atoms with E-state index < -0.39 is 15.1 Å². The Kier molecular flexibility index (Phi) is 7.46. The fourth-order valence-corrected chi connectivity index (χ4v) is 5.26. The first-order valence-corrected chi connectivity index (χ1v) is 12.7. The molecule has 0 saturated carbocycles. The van der Waals surface area contributed by atoms with Gasteiger partial charge in [-0.25, -0.2) is 13.4 Å². The minimum Gasteiger partial charge on any atom is -0.309 e. The van der Waals surface area contributed by atoms with Crippen molar-refractivity contribution in [2.75, 3.05) is 32.1 Å². The summed E-state index contributed by atoms with van der Waals surface area (Å²) in [6.45, 7) is 4.78. The lowest BCUT2D eigenvalue weighted by Gasteiger charge is -2.21. The highest BCUT2D eigenvalue weighted by Crippen LogP contribution is 2.29. The molecule has 3 aromatic rings. The Hall–Kier alpha value is -2.29. The Bertz CT molecular complexity index is 1100. The van der Waals surface area contributed by atoms with Crippen molar-refractivity contribution in [3.8, 4) is 0 Å². The van der Waals surface area contributed by atoms with Gasteiger partial charge in [-0.15, -0.1) is 0 Å². The van der Waals surface area contributed by atoms with Crippen LogP contribution in [0, 0.1) is 0 Å². The number of hydrogen-bond acceptors (Lipinski definition) is 6. The summed E-state index contributed by atoms with van der Waals surface area (Å²) >= 11 is 1.51. The molecule has 0 aliphatic heterocycles. The Morgan fingerprint density at radius 3 is 2.32 bits per heavy atom. The number of carbonyl (C=O) groups is 1. The Morgan fingerprint density at radius 2 is 1.71 bits per heavy atom. The highest BCUT2D eigenvalue weighted by atomic mass is 32.2. The third-order valence-electron chi connectivity index (χ3n) is 5.03. The van der Waals surface area contributed by atoms with Gasteiger partial charge in [-0.1, -0.05) is 35.6 Å². The van der Waals surface area contributed by atoms with E-state index in [9.17, 15) is 13.2 Å². The molecule has 1 heterocycles. The van der Waals surface area contributed by atoms with Gasteiger partial charge in [0, 0.05) is 6.54 Å². The smallest absolute Gasteiger partial charge is 0.233 e. The zero-order valence-corrected chi connectivity index (χ0v) is 20.0. The van der Waals surface area contributed by atoms with E-state index in [1.54, 1.807) is 43.0 Å². The van der Waals surface area contributed by atoms with Gasteiger partial charge in [0.25, 0.3) is 0 Å². The molecule has 3 rings (SSSR count). The van der Waals surface area contributed by atoms with Crippen molar-refractivity contribution in [1.82, 2.24) is 9.88 Å². The van der Waals surface area contributed by atoms with Crippen molar-refractivity contribution >= 4 is 42.4 Å². The summed E-state index contributed by atoms with van der Waals surface area (Å²) in [6.07, 6.45) is 1.03. The van der Waals surface area contributed by atoms with Crippen molar-refractivity contribution in [2.24, 2.45) is 0 Å². The van der Waals surface area contributed by atoms with E-state index >= 15 is 0 Å². The topological polar surface area (TPSA) is 70.6 Å². The van der Waals surface area contributed by atoms with Crippen LogP contribution in [0.25, 0.3) is 10.2 Å². The van der Waals surface area contributed by atoms with Crippen LogP contribution in [-0.4, -0.2) is 56.6 Å². The van der Waals surface area contributed by atoms with E-state index in [1.807, 2.05) is 38.4 Å². The van der Waals surface area contributed by atoms with Crippen LogP contribution >= 0.6 is 11.3 Å². The van der Waals surface area contributed by atoms with Crippen LogP contribution < -0.4 is 4.90 Å². The molecular weight excluding hydrogens is 430 g/mol. The predicted octanol–water partition coefficient (Wildman–Crippen LogP) is 4.01. The largest absolute Gasteiger partial charge is 0.309 e. The Labute approximate surface area is 188 Å². The Morgan fingerprint density at radius 1 is 1.03 bits per heavy atom. The molecule has 1 amide bonds. The van der Waals surface area contributed by atoms with E-state index in [0.717, 1.165) is 28.7 Å². The van der Waals surface area contributed by atoms with Gasteiger partial charge in [0.2, 0.25) is 5.91 Å². The summed E-state index contributed by atoms with van der Waals surface area (Å²) in [5.41, 5.74) is 1.67. The van der Waals surface area contributed by atoms with E-state index in [4.69, 9.17) is 0 Å². The molecule has 6 nitrogen and oxygen atoms in total. The van der Waals surface area contributed by atoms with Crippen molar-refractivity contribution < 1.29 is 13.2 Å². The molecule has 0 spiro atoms. The first kappa shape index (κ1) is 23.4. The highest BCUT2D eigenvalue weighted by Gasteiger charge is 2.22. The van der Waals surface area contributed by atoms with Crippen LogP contribution in [0.1, 0.15) is 25.8 Å². The molecule has 0 fully saturated rings. The zero-order valence-electron chi connectivity index (χ0n) is 18.4. The number of carbonyl (C=O) groups excluding carboxylic acids is 1. The molecule has 0 atom stereocenters. The predicted molar refractivity (Wildman–Crippen MR) is 128 cm³/mol. The van der Waals surface area contributed by atoms with Crippen LogP contribution in [0.2, 0.25) is 0 Å². The standard InChI is InChI=1S/C23H29N3O3S2/c1-17(2)31(28,29)19-12-10-18(11-13-19)16-22(27)26(15-7-14-25(3)4)23-24-20-8-5-6-9-21(20)30-23/h5-6,8-13,17H,7,14-16H2,1-4H3. The quantitative estimate of drug-likeness (QED) is 0.484. The molecule has 31 heavy (non-hydrogen) atoms. The van der Waals surface area contributed by atoms with Crippen molar-refractivity contribution in [2.45, 2.75) is 36.8 Å². The molecule has 0 radical (unpaired) electrons. The SMILES string of the molecule is CC(C)S(=O)(=O)c1ccc(CC(=O)N(CCCN(C)C)c2nc3ccccc3s2)cc1. The number of para-hydroxylation sites is 1. The van der Waals surface area contributed by atoms with Crippen LogP contribution in [-0.2, 0) is 21.1 Å². The second-order valence-corrected chi connectivity index (χ2v) is 11.6. The van der Waals surface area contributed by atoms with Crippen LogP contribution in [0.3, 0.4) is 0 Å². The second-order valence-electron chi connectivity index (χ2n) is 8.08. The number of benzene rings is 2. The van der Waals surface area contributed by atoms with Gasteiger partial charge < -0.3 is 4.90 Å². The molecule has 0 bridgehead atoms. The third-order valence-corrected chi connectivity index (χ3v) is 8.26. The molecular formula is C23H29N3O3S2. The molecule has 1 aromatic heterocycles. The van der Waals surface area contributed by atoms with Gasteiger partial charge in [-0.2, -0.15) is 0 Å². The number of amides is 1. The summed E-state index contributed by atoms with van der Waals surface area (Å²) in [4.78, 5) is 22.0. The average Bonchev–Trinajstić information content (AvgIpc) is 3.15. The molecule has 0 unspecified atom stereocenters. The van der Waals surface area contributed by atoms with Gasteiger partial charge in [-0.3, -0.25) is 9.69 Å². The number of nitrogens with zero attached hydrogens (tertiary/aromatic N) is 3. The fraction of sp³-hybridized carbons (Fsp3) is 0.391. The number of aromatic nitrogens is 1. The molecule has 0 aliphatic carbocycles. The fourth-order valence-electron chi connectivity index (χ4n) is 3.19. The van der Waals surface area contributed by atoms with Gasteiger partial charge in [0.05, 0.1) is 26.8 Å². The van der Waals surface area contributed by atoms with E-state index in [0.29, 0.717) is 11.7 Å². The molecule has 2 aromatic carbocycles. The third kappa shape index (κ3) is 5.70. The van der Waals surface area contributed by atoms with E-state index in [1.165, 1.54) is 11.3 Å². The van der Waals surface area contributed by atoms with Crippen LogP contribution in [0.15, 0.2) is 53.4 Å². The summed E-state index contributed by atoms with van der Waals surface area (Å²) in [5, 5.41) is 0.218. The van der Waals surface area contributed by atoms with Gasteiger partial charge in [-0.05, 0) is 70.7 Å². The summed E-state index contributed by atoms with van der Waals surface area (Å²) < 4.78 is 25.7. The average molecular weight is 460 g/mol. The molecule has 0 saturated heterocycles. The number of sulfone groups is 1. The minimum absolute atomic E-state index is 0.0442. The molecule has 0 aliphatic rings. The monoisotopic (exact) mass is 459 g/mol. The maximum absolute atomic E-state index is 13.2. The lowest BCUT2D eigenvalue weighted by atomic mass is 10.1. The summed E-state index contributed by atoms with van der Waals surface area (Å²) in [6, 6.07) is 14.5. The maximum Gasteiger partial charge on any atom is 0.233 e. The van der Waals surface area contributed by atoms with Gasteiger partial charge >= 0.3 is 0 Å². The lowest BCUT2D eigenvalue weighted by molar-refractivity contribution is -0.118. The van der Waals surface area contributed by atoms with Crippen molar-refractivity contribution in [3.63, 3.8) is 0 Å². The van der Waals surface area contributed by atoms with Gasteiger partial charge in [0.15, 0.2) is 15.0 Å². The first-order chi connectivity index (χ1) is 14.7. The number of thiazole rings is 1. The highest BCUT2D eigenvalue weighted by molar-refractivity contribution is 7.92. The normalized spacial score (nSPS) is 12.1. The maximum atomic E-state index is 13.2. The van der Waals surface area contributed by atoms with E-state index in [2.05, 4.69) is 9.88 Å². The number of hydrogen-bond donors (Lipinski definition) is 0. The van der Waals surface area contributed by atoms with Crippen molar-refractivity contribution in [1.29, 1.82) is 0 Å². The van der Waals surface area contributed by atoms with E-state index in [-0.39, 0.29) is 17.2 Å². The number of anilines is 1. The number of rotatable bonds is 9. The van der Waals surface area contributed by atoms with Gasteiger partial charge in [0.1, 0.15) is 0 Å². The Balaban J connectivity index is 1.81. The number of fused-ring (bicyclic) bond motifs is 1. The second kappa shape index (κ2) is 9.89. The lowest BCUT2D eigenvalue weighted by Crippen LogP contribution is -2.34.